The molecule has 1 fully saturated rings. The molecular formula is C27H39NO10. The van der Waals surface area contributed by atoms with Gasteiger partial charge in [0.15, 0.2) is 11.5 Å². The first-order valence-electron chi connectivity index (χ1n) is 13.2. The fourth-order valence-corrected chi connectivity index (χ4v) is 3.92. The summed E-state index contributed by atoms with van der Waals surface area (Å²) in [7, 11) is 0. The van der Waals surface area contributed by atoms with Crippen molar-refractivity contribution in [2.45, 2.75) is 84.3 Å². The van der Waals surface area contributed by atoms with E-state index in [9.17, 15) is 24.3 Å². The third-order valence-corrected chi connectivity index (χ3v) is 5.89. The van der Waals surface area contributed by atoms with E-state index in [1.807, 2.05) is 13.8 Å². The highest BCUT2D eigenvalue weighted by atomic mass is 16.7. The first-order valence-corrected chi connectivity index (χ1v) is 13.2. The lowest BCUT2D eigenvalue weighted by Gasteiger charge is -2.23. The summed E-state index contributed by atoms with van der Waals surface area (Å²) in [5.41, 5.74) is 0.490. The lowest BCUT2D eigenvalue weighted by atomic mass is 9.89. The summed E-state index contributed by atoms with van der Waals surface area (Å²) in [6.45, 7) is 5.81. The number of carbonyl (C=O) groups excluding carboxylic acids is 3. The van der Waals surface area contributed by atoms with E-state index in [-0.39, 0.29) is 49.6 Å². The predicted molar refractivity (Wildman–Crippen MR) is 136 cm³/mol. The van der Waals surface area contributed by atoms with Crippen molar-refractivity contribution in [3.63, 3.8) is 0 Å². The molecule has 1 aliphatic carbocycles. The summed E-state index contributed by atoms with van der Waals surface area (Å²) in [6.07, 6.45) is 3.54. The van der Waals surface area contributed by atoms with E-state index in [0.717, 1.165) is 32.1 Å². The number of carboxylic acid groups (broad SMARTS) is 1. The van der Waals surface area contributed by atoms with Gasteiger partial charge in [0.05, 0.1) is 19.1 Å². The number of hydrogen-bond acceptors (Lipinski definition) is 10. The first kappa shape index (κ1) is 30.9. The number of esters is 1. The first-order chi connectivity index (χ1) is 18.2. The second kappa shape index (κ2) is 16.5. The highest BCUT2D eigenvalue weighted by Crippen LogP contribution is 2.30. The summed E-state index contributed by atoms with van der Waals surface area (Å²) in [4.78, 5) is 48.3. The molecule has 38 heavy (non-hydrogen) atoms. The van der Waals surface area contributed by atoms with E-state index in [4.69, 9.17) is 23.7 Å². The third-order valence-electron chi connectivity index (χ3n) is 5.89. The molecule has 0 aliphatic heterocycles. The van der Waals surface area contributed by atoms with Gasteiger partial charge in [-0.3, -0.25) is 9.59 Å². The number of hydrogen-bond donors (Lipinski definition) is 2. The average Bonchev–Trinajstić information content (AvgIpc) is 2.90. The predicted octanol–water partition coefficient (Wildman–Crippen LogP) is 4.63. The summed E-state index contributed by atoms with van der Waals surface area (Å²) in [5, 5.41) is 12.7. The van der Waals surface area contributed by atoms with E-state index in [1.165, 1.54) is 12.1 Å². The lowest BCUT2D eigenvalue weighted by Crippen LogP contribution is -2.43. The van der Waals surface area contributed by atoms with Gasteiger partial charge in [0, 0.05) is 6.54 Å². The number of nitrogens with one attached hydrogen (secondary N) is 1. The van der Waals surface area contributed by atoms with Gasteiger partial charge in [-0.25, -0.2) is 9.59 Å². The molecule has 2 rings (SSSR count). The quantitative estimate of drug-likeness (QED) is 0.194. The molecule has 1 saturated carbocycles. The van der Waals surface area contributed by atoms with Gasteiger partial charge in [-0.15, -0.1) is 0 Å². The molecule has 1 aromatic carbocycles. The minimum Gasteiger partial charge on any atom is -0.480 e. The molecule has 0 amide bonds. The van der Waals surface area contributed by atoms with Crippen LogP contribution in [0.4, 0.5) is 9.59 Å². The number of aliphatic carboxylic acids is 1. The highest BCUT2D eigenvalue weighted by molar-refractivity contribution is 5.74. The fourth-order valence-electron chi connectivity index (χ4n) is 3.92. The van der Waals surface area contributed by atoms with Crippen molar-refractivity contribution in [1.82, 2.24) is 5.32 Å². The molecule has 1 unspecified atom stereocenters. The zero-order valence-electron chi connectivity index (χ0n) is 22.4. The van der Waals surface area contributed by atoms with Gasteiger partial charge in [0.25, 0.3) is 0 Å². The molecule has 11 heteroatoms. The lowest BCUT2D eigenvalue weighted by molar-refractivity contribution is -0.154. The van der Waals surface area contributed by atoms with Gasteiger partial charge >= 0.3 is 24.2 Å². The second-order valence-corrected chi connectivity index (χ2v) is 9.27. The van der Waals surface area contributed by atoms with Gasteiger partial charge in [0.1, 0.15) is 12.1 Å². The molecule has 2 atom stereocenters. The van der Waals surface area contributed by atoms with E-state index in [1.54, 1.807) is 13.0 Å². The summed E-state index contributed by atoms with van der Waals surface area (Å²) in [6, 6.07) is 3.32. The fraction of sp³-hybridized carbons (Fsp3) is 0.630. The van der Waals surface area contributed by atoms with Gasteiger partial charge in [0.2, 0.25) is 0 Å². The Morgan fingerprint density at radius 1 is 0.947 bits per heavy atom. The molecule has 0 bridgehead atoms. The minimum absolute atomic E-state index is 0.0134. The molecule has 0 spiro atoms. The van der Waals surface area contributed by atoms with Crippen LogP contribution in [0.25, 0.3) is 0 Å². The van der Waals surface area contributed by atoms with Crippen LogP contribution in [0, 0.1) is 5.92 Å². The maximum atomic E-state index is 12.4. The van der Waals surface area contributed by atoms with Crippen LogP contribution in [-0.4, -0.2) is 61.3 Å². The number of carboxylic acids is 1. The minimum atomic E-state index is -1.11. The number of carbonyl (C=O) groups is 4. The van der Waals surface area contributed by atoms with Crippen LogP contribution in [0.2, 0.25) is 0 Å². The molecule has 212 valence electrons. The molecule has 11 nitrogen and oxygen atoms in total. The van der Waals surface area contributed by atoms with Crippen LogP contribution in [0.3, 0.4) is 0 Å². The zero-order valence-corrected chi connectivity index (χ0v) is 22.4. The van der Waals surface area contributed by atoms with Crippen molar-refractivity contribution in [3.05, 3.63) is 23.8 Å². The van der Waals surface area contributed by atoms with Gasteiger partial charge < -0.3 is 34.1 Å². The molecule has 1 aliphatic rings. The SMILES string of the molecule is CCCOC(=O)Oc1ccc(C[C@H](NCC(C)OC(=O)C2CCCCC2)C(=O)O)cc1OC(=O)OCCC. The Morgan fingerprint density at radius 3 is 2.13 bits per heavy atom. The standard InChI is InChI=1S/C27H39NO10/c1-4-13-34-26(32)37-22-12-11-19(16-23(22)38-27(33)35-14-5-2)15-21(24(29)30)28-17-18(3)36-25(31)20-9-7-6-8-10-20/h11-12,16,18,20-21,28H,4-10,13-15,17H2,1-3H3,(H,29,30)/t18?,21-/m0/s1. The number of ether oxygens (including phenoxy) is 5. The van der Waals surface area contributed by atoms with Crippen LogP contribution >= 0.6 is 0 Å². The van der Waals surface area contributed by atoms with E-state index in [2.05, 4.69) is 5.32 Å². The Kier molecular flexibility index (Phi) is 13.4. The Morgan fingerprint density at radius 2 is 1.55 bits per heavy atom. The largest absolute Gasteiger partial charge is 0.513 e. The van der Waals surface area contributed by atoms with Crippen LogP contribution < -0.4 is 14.8 Å². The van der Waals surface area contributed by atoms with E-state index >= 15 is 0 Å². The normalized spacial score (nSPS) is 15.1. The Hall–Kier alpha value is -3.34. The Labute approximate surface area is 223 Å². The summed E-state index contributed by atoms with van der Waals surface area (Å²) in [5.74, 6) is -1.63. The van der Waals surface area contributed by atoms with Crippen molar-refractivity contribution >= 4 is 24.2 Å². The highest BCUT2D eigenvalue weighted by Gasteiger charge is 2.25. The molecule has 0 saturated heterocycles. The monoisotopic (exact) mass is 537 g/mol. The topological polar surface area (TPSA) is 147 Å². The third kappa shape index (κ3) is 11.0. The van der Waals surface area contributed by atoms with E-state index < -0.39 is 30.4 Å². The van der Waals surface area contributed by atoms with E-state index in [0.29, 0.717) is 18.4 Å². The van der Waals surface area contributed by atoms with Gasteiger partial charge in [-0.1, -0.05) is 39.2 Å². The second-order valence-electron chi connectivity index (χ2n) is 9.27. The van der Waals surface area contributed by atoms with Crippen molar-refractivity contribution in [3.8, 4) is 11.5 Å². The van der Waals surface area contributed by atoms with Crippen molar-refractivity contribution in [2.75, 3.05) is 19.8 Å². The van der Waals surface area contributed by atoms with Gasteiger partial charge in [-0.2, -0.15) is 0 Å². The summed E-state index contributed by atoms with van der Waals surface area (Å²) >= 11 is 0. The zero-order chi connectivity index (χ0) is 27.9. The molecular weight excluding hydrogens is 498 g/mol. The average molecular weight is 538 g/mol. The maximum Gasteiger partial charge on any atom is 0.513 e. The molecule has 0 aromatic heterocycles. The Bertz CT molecular complexity index is 928. The van der Waals surface area contributed by atoms with Crippen LogP contribution in [-0.2, 0) is 30.2 Å². The van der Waals surface area contributed by atoms with Crippen molar-refractivity contribution in [2.24, 2.45) is 5.92 Å². The Balaban J connectivity index is 2.05. The molecule has 0 heterocycles. The molecule has 0 radical (unpaired) electrons. The molecule has 1 aromatic rings. The van der Waals surface area contributed by atoms with Crippen LogP contribution in [0.1, 0.15) is 71.3 Å². The molecule has 2 N–H and O–H groups in total. The maximum absolute atomic E-state index is 12.4. The van der Waals surface area contributed by atoms with Gasteiger partial charge in [-0.05, 0) is 56.7 Å². The van der Waals surface area contributed by atoms with Crippen LogP contribution in [0.5, 0.6) is 11.5 Å². The van der Waals surface area contributed by atoms with Crippen molar-refractivity contribution in [1.29, 1.82) is 0 Å². The number of benzene rings is 1. The number of rotatable bonds is 14. The summed E-state index contributed by atoms with van der Waals surface area (Å²) < 4.78 is 25.7. The van der Waals surface area contributed by atoms with Crippen LogP contribution in [0.15, 0.2) is 18.2 Å². The van der Waals surface area contributed by atoms with Crippen molar-refractivity contribution < 1.29 is 48.0 Å². The smallest absolute Gasteiger partial charge is 0.480 e.